The van der Waals surface area contributed by atoms with Gasteiger partial charge in [-0.2, -0.15) is 11.8 Å². The second-order valence-electron chi connectivity index (χ2n) is 4.30. The van der Waals surface area contributed by atoms with E-state index in [1.54, 1.807) is 18.7 Å². The zero-order valence-electron chi connectivity index (χ0n) is 10.5. The molecular weight excluding hydrogens is 258 g/mol. The normalized spacial score (nSPS) is 22.8. The highest BCUT2D eigenvalue weighted by Gasteiger charge is 2.32. The van der Waals surface area contributed by atoms with E-state index in [9.17, 15) is 8.42 Å². The second-order valence-corrected chi connectivity index (χ2v) is 7.90. The third-order valence-electron chi connectivity index (χ3n) is 3.11. The van der Waals surface area contributed by atoms with Crippen molar-refractivity contribution in [2.24, 2.45) is 0 Å². The van der Waals surface area contributed by atoms with E-state index < -0.39 is 9.84 Å². The van der Waals surface area contributed by atoms with Crippen LogP contribution in [0, 0.1) is 0 Å². The first-order valence-corrected chi connectivity index (χ1v) is 9.13. The molecule has 17 heavy (non-hydrogen) atoms. The average molecular weight is 281 g/mol. The summed E-state index contributed by atoms with van der Waals surface area (Å²) in [6.45, 7) is 3.66. The van der Waals surface area contributed by atoms with Crippen molar-refractivity contribution in [1.29, 1.82) is 0 Å². The maximum Gasteiger partial charge on any atom is 0.166 e. The standard InChI is InChI=1S/C11H23NO3S2/c1-2-17(14,15)11-10-16-9-7-12(11)6-4-3-5-8-13/h11,13H,2-10H2,1H3. The summed E-state index contributed by atoms with van der Waals surface area (Å²) in [5.74, 6) is 1.96. The molecule has 1 unspecified atom stereocenters. The molecule has 1 N–H and O–H groups in total. The van der Waals surface area contributed by atoms with E-state index >= 15 is 0 Å². The predicted octanol–water partition coefficient (Wildman–Crippen LogP) is 0.959. The molecule has 0 radical (unpaired) electrons. The number of hydrogen-bond donors (Lipinski definition) is 1. The number of thioether (sulfide) groups is 1. The first-order valence-electron chi connectivity index (χ1n) is 6.26. The molecule has 0 saturated carbocycles. The lowest BCUT2D eigenvalue weighted by atomic mass is 10.2. The third-order valence-corrected chi connectivity index (χ3v) is 6.44. The Morgan fingerprint density at radius 2 is 2.12 bits per heavy atom. The lowest BCUT2D eigenvalue weighted by Gasteiger charge is -2.34. The minimum absolute atomic E-state index is 0.228. The fraction of sp³-hybridized carbons (Fsp3) is 1.00. The molecule has 102 valence electrons. The van der Waals surface area contributed by atoms with E-state index in [2.05, 4.69) is 4.90 Å². The number of rotatable bonds is 7. The topological polar surface area (TPSA) is 57.6 Å². The van der Waals surface area contributed by atoms with Crippen molar-refractivity contribution in [3.05, 3.63) is 0 Å². The van der Waals surface area contributed by atoms with E-state index in [1.165, 1.54) is 0 Å². The summed E-state index contributed by atoms with van der Waals surface area (Å²) < 4.78 is 23.9. The molecule has 0 aromatic carbocycles. The molecule has 0 bridgehead atoms. The van der Waals surface area contributed by atoms with Gasteiger partial charge in [-0.25, -0.2) is 8.42 Å². The smallest absolute Gasteiger partial charge is 0.166 e. The van der Waals surface area contributed by atoms with Crippen LogP contribution in [-0.2, 0) is 9.84 Å². The van der Waals surface area contributed by atoms with Gasteiger partial charge < -0.3 is 5.11 Å². The minimum atomic E-state index is -2.96. The van der Waals surface area contributed by atoms with Crippen LogP contribution >= 0.6 is 11.8 Å². The second kappa shape index (κ2) is 7.61. The summed E-state index contributed by atoms with van der Waals surface area (Å²) in [7, 11) is -2.96. The SMILES string of the molecule is CCS(=O)(=O)C1CSCCN1CCCCCO. The molecule has 0 aromatic rings. The molecule has 1 atom stereocenters. The Morgan fingerprint density at radius 3 is 2.76 bits per heavy atom. The molecule has 1 saturated heterocycles. The minimum Gasteiger partial charge on any atom is -0.396 e. The highest BCUT2D eigenvalue weighted by molar-refractivity contribution is 8.01. The van der Waals surface area contributed by atoms with Crippen molar-refractivity contribution in [3.63, 3.8) is 0 Å². The molecule has 0 amide bonds. The molecular formula is C11H23NO3S2. The first kappa shape index (κ1) is 15.3. The summed E-state index contributed by atoms with van der Waals surface area (Å²) >= 11 is 1.73. The predicted molar refractivity (Wildman–Crippen MR) is 73.1 cm³/mol. The molecule has 1 aliphatic heterocycles. The Bertz CT molecular complexity index is 306. The van der Waals surface area contributed by atoms with Crippen LogP contribution in [0.3, 0.4) is 0 Å². The molecule has 1 heterocycles. The van der Waals surface area contributed by atoms with Gasteiger partial charge in [0.05, 0.1) is 0 Å². The molecule has 0 aromatic heterocycles. The van der Waals surface area contributed by atoms with Gasteiger partial charge in [-0.05, 0) is 25.8 Å². The fourth-order valence-corrected chi connectivity index (χ4v) is 5.11. The molecule has 4 nitrogen and oxygen atoms in total. The number of nitrogens with zero attached hydrogens (tertiary/aromatic N) is 1. The van der Waals surface area contributed by atoms with Gasteiger partial charge in [-0.3, -0.25) is 4.90 Å². The monoisotopic (exact) mass is 281 g/mol. The Morgan fingerprint density at radius 1 is 1.35 bits per heavy atom. The quantitative estimate of drug-likeness (QED) is 0.704. The van der Waals surface area contributed by atoms with Crippen LogP contribution in [0.4, 0.5) is 0 Å². The van der Waals surface area contributed by atoms with Crippen LogP contribution in [-0.4, -0.2) is 60.8 Å². The number of aliphatic hydroxyl groups excluding tert-OH is 1. The fourth-order valence-electron chi connectivity index (χ4n) is 2.00. The highest BCUT2D eigenvalue weighted by atomic mass is 32.2. The van der Waals surface area contributed by atoms with E-state index in [0.29, 0.717) is 5.75 Å². The summed E-state index contributed by atoms with van der Waals surface area (Å²) in [4.78, 5) is 2.10. The van der Waals surface area contributed by atoms with E-state index in [0.717, 1.165) is 38.1 Å². The van der Waals surface area contributed by atoms with Crippen LogP contribution in [0.1, 0.15) is 26.2 Å². The van der Waals surface area contributed by atoms with Gasteiger partial charge in [0.15, 0.2) is 9.84 Å². The van der Waals surface area contributed by atoms with Crippen molar-refractivity contribution >= 4 is 21.6 Å². The summed E-state index contributed by atoms with van der Waals surface area (Å²) in [5.41, 5.74) is 0. The lowest BCUT2D eigenvalue weighted by molar-refractivity contribution is 0.250. The van der Waals surface area contributed by atoms with Crippen molar-refractivity contribution in [2.75, 3.05) is 37.0 Å². The van der Waals surface area contributed by atoms with Gasteiger partial charge >= 0.3 is 0 Å². The van der Waals surface area contributed by atoms with Crippen molar-refractivity contribution in [3.8, 4) is 0 Å². The maximum absolute atomic E-state index is 12.0. The van der Waals surface area contributed by atoms with Gasteiger partial charge in [0.2, 0.25) is 0 Å². The Kier molecular flexibility index (Phi) is 6.84. The van der Waals surface area contributed by atoms with Crippen molar-refractivity contribution in [2.45, 2.75) is 31.6 Å². The highest BCUT2D eigenvalue weighted by Crippen LogP contribution is 2.21. The number of unbranched alkanes of at least 4 members (excludes halogenated alkanes) is 2. The summed E-state index contributed by atoms with van der Waals surface area (Å²) in [6.07, 6.45) is 2.76. The third kappa shape index (κ3) is 4.77. The van der Waals surface area contributed by atoms with Gasteiger partial charge in [-0.15, -0.1) is 0 Å². The van der Waals surface area contributed by atoms with Gasteiger partial charge in [0.1, 0.15) is 5.37 Å². The van der Waals surface area contributed by atoms with E-state index in [4.69, 9.17) is 5.11 Å². The lowest BCUT2D eigenvalue weighted by Crippen LogP contribution is -2.48. The summed E-state index contributed by atoms with van der Waals surface area (Å²) in [5, 5.41) is 8.42. The van der Waals surface area contributed by atoms with Crippen LogP contribution in [0.5, 0.6) is 0 Å². The van der Waals surface area contributed by atoms with Crippen LogP contribution in [0.15, 0.2) is 0 Å². The molecule has 1 aliphatic rings. The molecule has 0 aliphatic carbocycles. The number of aliphatic hydroxyl groups is 1. The van der Waals surface area contributed by atoms with E-state index in [1.807, 2.05) is 0 Å². The van der Waals surface area contributed by atoms with Crippen molar-refractivity contribution in [1.82, 2.24) is 4.90 Å². The van der Waals surface area contributed by atoms with E-state index in [-0.39, 0.29) is 17.7 Å². The largest absolute Gasteiger partial charge is 0.396 e. The Hall–Kier alpha value is 0.220. The van der Waals surface area contributed by atoms with Crippen molar-refractivity contribution < 1.29 is 13.5 Å². The summed E-state index contributed by atoms with van der Waals surface area (Å²) in [6, 6.07) is 0. The average Bonchev–Trinajstić information content (AvgIpc) is 2.35. The molecule has 1 fully saturated rings. The molecule has 1 rings (SSSR count). The number of hydrogen-bond acceptors (Lipinski definition) is 5. The zero-order chi connectivity index (χ0) is 12.7. The molecule has 6 heteroatoms. The molecule has 0 spiro atoms. The van der Waals surface area contributed by atoms with Gasteiger partial charge in [-0.1, -0.05) is 6.92 Å². The van der Waals surface area contributed by atoms with Gasteiger partial charge in [0.25, 0.3) is 0 Å². The van der Waals surface area contributed by atoms with Crippen LogP contribution in [0.2, 0.25) is 0 Å². The Balaban J connectivity index is 2.49. The van der Waals surface area contributed by atoms with Gasteiger partial charge in [0, 0.05) is 30.4 Å². The van der Waals surface area contributed by atoms with Crippen LogP contribution in [0.25, 0.3) is 0 Å². The number of sulfone groups is 1. The first-order chi connectivity index (χ1) is 8.11. The zero-order valence-corrected chi connectivity index (χ0v) is 12.1. The Labute approximate surface area is 109 Å². The van der Waals surface area contributed by atoms with Crippen LogP contribution < -0.4 is 0 Å². The maximum atomic E-state index is 12.0.